The van der Waals surface area contributed by atoms with Gasteiger partial charge < -0.3 is 4.74 Å². The third kappa shape index (κ3) is 6.72. The predicted octanol–water partition coefficient (Wildman–Crippen LogP) is 4.39. The fraction of sp³-hybridized carbons (Fsp3) is 1.00. The first-order valence-corrected chi connectivity index (χ1v) is 6.35. The van der Waals surface area contributed by atoms with E-state index < -0.39 is 0 Å². The topological polar surface area (TPSA) is 9.23 Å². The van der Waals surface area contributed by atoms with Crippen LogP contribution in [0.25, 0.3) is 0 Å². The van der Waals surface area contributed by atoms with E-state index in [0.717, 1.165) is 19.3 Å². The van der Waals surface area contributed by atoms with Crippen molar-refractivity contribution in [2.24, 2.45) is 5.92 Å². The Morgan fingerprint density at radius 1 is 1.23 bits per heavy atom. The highest BCUT2D eigenvalue weighted by atomic mass is 127. The molecular formula is C11H23IO. The quantitative estimate of drug-likeness (QED) is 0.522. The van der Waals surface area contributed by atoms with E-state index in [1.807, 2.05) is 0 Å². The van der Waals surface area contributed by atoms with Crippen molar-refractivity contribution in [1.29, 1.82) is 0 Å². The highest BCUT2D eigenvalue weighted by molar-refractivity contribution is 14.1. The summed E-state index contributed by atoms with van der Waals surface area (Å²) in [6.45, 7) is 11.1. The summed E-state index contributed by atoms with van der Waals surface area (Å²) >= 11 is 2.43. The van der Waals surface area contributed by atoms with Crippen molar-refractivity contribution in [1.82, 2.24) is 0 Å². The van der Waals surface area contributed by atoms with Crippen molar-refractivity contribution in [2.45, 2.75) is 63.6 Å². The molecule has 0 heterocycles. The molecule has 0 bridgehead atoms. The Morgan fingerprint density at radius 3 is 2.00 bits per heavy atom. The third-order valence-corrected chi connectivity index (χ3v) is 2.79. The van der Waals surface area contributed by atoms with Crippen LogP contribution in [0.15, 0.2) is 0 Å². The first-order valence-electron chi connectivity index (χ1n) is 5.28. The van der Waals surface area contributed by atoms with Gasteiger partial charge in [-0.3, -0.25) is 0 Å². The minimum Gasteiger partial charge on any atom is -0.362 e. The van der Waals surface area contributed by atoms with Crippen molar-refractivity contribution >= 4 is 22.6 Å². The van der Waals surface area contributed by atoms with Crippen molar-refractivity contribution in [3.63, 3.8) is 0 Å². The highest BCUT2D eigenvalue weighted by Crippen LogP contribution is 2.30. The largest absolute Gasteiger partial charge is 0.362 e. The molecule has 0 rings (SSSR count). The zero-order valence-corrected chi connectivity index (χ0v) is 11.7. The molecule has 1 nitrogen and oxygen atoms in total. The SMILES string of the molecule is CCC(CC)OC(C)(I)CC(C)C. The van der Waals surface area contributed by atoms with E-state index in [1.165, 1.54) is 0 Å². The maximum absolute atomic E-state index is 6.03. The van der Waals surface area contributed by atoms with Gasteiger partial charge in [0.05, 0.1) is 6.10 Å². The number of rotatable bonds is 6. The molecule has 0 aliphatic carbocycles. The van der Waals surface area contributed by atoms with Gasteiger partial charge in [-0.2, -0.15) is 0 Å². The Morgan fingerprint density at radius 2 is 1.69 bits per heavy atom. The summed E-state index contributed by atoms with van der Waals surface area (Å²) in [4.78, 5) is 0. The Kier molecular flexibility index (Phi) is 6.56. The van der Waals surface area contributed by atoms with Crippen LogP contribution < -0.4 is 0 Å². The summed E-state index contributed by atoms with van der Waals surface area (Å²) in [7, 11) is 0. The van der Waals surface area contributed by atoms with Crippen LogP contribution in [0.4, 0.5) is 0 Å². The van der Waals surface area contributed by atoms with E-state index in [2.05, 4.69) is 57.2 Å². The van der Waals surface area contributed by atoms with Gasteiger partial charge >= 0.3 is 0 Å². The van der Waals surface area contributed by atoms with Crippen LogP contribution in [0, 0.1) is 5.92 Å². The van der Waals surface area contributed by atoms with E-state index in [4.69, 9.17) is 4.74 Å². The lowest BCUT2D eigenvalue weighted by Gasteiger charge is -2.29. The van der Waals surface area contributed by atoms with Crippen LogP contribution >= 0.6 is 22.6 Å². The third-order valence-electron chi connectivity index (χ3n) is 2.10. The van der Waals surface area contributed by atoms with Crippen molar-refractivity contribution in [3.8, 4) is 0 Å². The zero-order valence-electron chi connectivity index (χ0n) is 9.56. The standard InChI is InChI=1S/C11H23IO/c1-6-10(7-2)13-11(5,12)8-9(3)4/h9-10H,6-8H2,1-5H3. The molecule has 0 saturated heterocycles. The number of ether oxygens (including phenoxy) is 1. The highest BCUT2D eigenvalue weighted by Gasteiger charge is 2.24. The Balaban J connectivity index is 3.98. The average Bonchev–Trinajstić information content (AvgIpc) is 1.97. The maximum atomic E-state index is 6.03. The molecule has 0 spiro atoms. The second-order valence-electron chi connectivity index (χ2n) is 4.26. The fourth-order valence-corrected chi connectivity index (χ4v) is 2.82. The number of hydrogen-bond acceptors (Lipinski definition) is 1. The molecule has 2 heteroatoms. The second-order valence-corrected chi connectivity index (χ2v) is 6.54. The summed E-state index contributed by atoms with van der Waals surface area (Å²) < 4.78 is 6.05. The fourth-order valence-electron chi connectivity index (χ4n) is 1.58. The van der Waals surface area contributed by atoms with Crippen molar-refractivity contribution in [2.75, 3.05) is 0 Å². The van der Waals surface area contributed by atoms with Crippen LogP contribution in [0.3, 0.4) is 0 Å². The minimum absolute atomic E-state index is 0.0165. The lowest BCUT2D eigenvalue weighted by molar-refractivity contribution is -0.0263. The van der Waals surface area contributed by atoms with Crippen LogP contribution in [0.1, 0.15) is 53.9 Å². The molecule has 1 unspecified atom stereocenters. The molecule has 0 aromatic heterocycles. The summed E-state index contributed by atoms with van der Waals surface area (Å²) in [5.41, 5.74) is 0. The normalized spacial score (nSPS) is 16.6. The molecule has 0 amide bonds. The van der Waals surface area contributed by atoms with Gasteiger partial charge in [0.15, 0.2) is 0 Å². The van der Waals surface area contributed by atoms with Crippen LogP contribution in [0.2, 0.25) is 0 Å². The molecule has 0 aliphatic rings. The molecule has 0 saturated carbocycles. The monoisotopic (exact) mass is 298 g/mol. The van der Waals surface area contributed by atoms with E-state index in [9.17, 15) is 0 Å². The molecule has 0 aliphatic heterocycles. The summed E-state index contributed by atoms with van der Waals surface area (Å²) in [5, 5.41) is 0. The number of hydrogen-bond donors (Lipinski definition) is 0. The predicted molar refractivity (Wildman–Crippen MR) is 67.3 cm³/mol. The molecule has 0 N–H and O–H groups in total. The van der Waals surface area contributed by atoms with Crippen molar-refractivity contribution < 1.29 is 4.74 Å². The van der Waals surface area contributed by atoms with Gasteiger partial charge in [0.2, 0.25) is 0 Å². The van der Waals surface area contributed by atoms with Gasteiger partial charge in [-0.05, 0) is 54.7 Å². The first kappa shape index (κ1) is 13.7. The summed E-state index contributed by atoms with van der Waals surface area (Å²) in [6.07, 6.45) is 3.80. The average molecular weight is 298 g/mol. The van der Waals surface area contributed by atoms with Crippen molar-refractivity contribution in [3.05, 3.63) is 0 Å². The molecular weight excluding hydrogens is 275 g/mol. The Labute approximate surface area is 96.8 Å². The zero-order chi connectivity index (χ0) is 10.5. The van der Waals surface area contributed by atoms with Crippen LogP contribution in [-0.4, -0.2) is 9.71 Å². The number of halogens is 1. The number of alkyl halides is 1. The summed E-state index contributed by atoms with van der Waals surface area (Å²) in [5.74, 6) is 0.705. The van der Waals surface area contributed by atoms with Crippen LogP contribution in [-0.2, 0) is 4.74 Å². The van der Waals surface area contributed by atoms with Gasteiger partial charge in [-0.25, -0.2) is 0 Å². The minimum atomic E-state index is 0.0165. The van der Waals surface area contributed by atoms with E-state index in [-0.39, 0.29) is 3.61 Å². The van der Waals surface area contributed by atoms with Gasteiger partial charge in [-0.15, -0.1) is 0 Å². The lowest BCUT2D eigenvalue weighted by atomic mass is 10.1. The van der Waals surface area contributed by atoms with E-state index >= 15 is 0 Å². The Bertz CT molecular complexity index is 128. The van der Waals surface area contributed by atoms with Gasteiger partial charge in [0, 0.05) is 0 Å². The lowest BCUT2D eigenvalue weighted by Crippen LogP contribution is -2.28. The first-order chi connectivity index (χ1) is 5.91. The van der Waals surface area contributed by atoms with Gasteiger partial charge in [0.1, 0.15) is 3.61 Å². The van der Waals surface area contributed by atoms with E-state index in [0.29, 0.717) is 12.0 Å². The smallest absolute Gasteiger partial charge is 0.117 e. The van der Waals surface area contributed by atoms with E-state index in [1.54, 1.807) is 0 Å². The second kappa shape index (κ2) is 6.23. The molecule has 0 radical (unpaired) electrons. The molecule has 0 aromatic rings. The van der Waals surface area contributed by atoms with Gasteiger partial charge in [0.25, 0.3) is 0 Å². The van der Waals surface area contributed by atoms with Gasteiger partial charge in [-0.1, -0.05) is 27.7 Å². The van der Waals surface area contributed by atoms with Crippen LogP contribution in [0.5, 0.6) is 0 Å². The molecule has 13 heavy (non-hydrogen) atoms. The maximum Gasteiger partial charge on any atom is 0.117 e. The molecule has 0 fully saturated rings. The molecule has 1 atom stereocenters. The summed E-state index contributed by atoms with van der Waals surface area (Å²) in [6, 6.07) is 0. The Hall–Kier alpha value is 0.690. The molecule has 0 aromatic carbocycles. The molecule has 80 valence electrons.